The van der Waals surface area contributed by atoms with Crippen LogP contribution in [0.4, 0.5) is 4.39 Å². The average Bonchev–Trinajstić information content (AvgIpc) is 2.95. The third-order valence-electron chi connectivity index (χ3n) is 4.62. The Bertz CT molecular complexity index is 728. The molecule has 1 fully saturated rings. The van der Waals surface area contributed by atoms with Gasteiger partial charge in [0.15, 0.2) is 0 Å². The smallest absolute Gasteiger partial charge is 0.223 e. The van der Waals surface area contributed by atoms with E-state index >= 15 is 0 Å². The van der Waals surface area contributed by atoms with Gasteiger partial charge in [-0.25, -0.2) is 9.37 Å². The highest BCUT2D eigenvalue weighted by Gasteiger charge is 2.30. The summed E-state index contributed by atoms with van der Waals surface area (Å²) in [5, 5.41) is 12.5. The fraction of sp³-hybridized carbons (Fsp3) is 0.529. The molecule has 0 radical (unpaired) electrons. The molecule has 2 aromatic rings. The number of aromatic nitrogens is 2. The summed E-state index contributed by atoms with van der Waals surface area (Å²) in [6, 6.07) is 4.14. The van der Waals surface area contributed by atoms with Crippen LogP contribution in [0.25, 0.3) is 11.0 Å². The van der Waals surface area contributed by atoms with Crippen LogP contribution in [-0.2, 0) is 11.2 Å². The number of rotatable bonds is 5. The van der Waals surface area contributed by atoms with Crippen molar-refractivity contribution in [2.45, 2.75) is 44.2 Å². The number of fused-ring (bicyclic) bond motifs is 1. The number of nitrogens with one attached hydrogen (secondary N) is 2. The molecule has 146 valence electrons. The lowest BCUT2D eigenvalue weighted by Gasteiger charge is -2.29. The van der Waals surface area contributed by atoms with E-state index in [1.165, 1.54) is 12.1 Å². The molecule has 1 aliphatic rings. The van der Waals surface area contributed by atoms with Crippen molar-refractivity contribution in [2.75, 3.05) is 6.54 Å². The average molecular weight is 407 g/mol. The summed E-state index contributed by atoms with van der Waals surface area (Å²) in [4.78, 5) is 19.6. The van der Waals surface area contributed by atoms with Gasteiger partial charge in [-0.05, 0) is 43.9 Å². The number of hydrogen-bond acceptors (Lipinski definition) is 4. The molecule has 5 N–H and O–H groups in total. The van der Waals surface area contributed by atoms with E-state index in [2.05, 4.69) is 15.3 Å². The first kappa shape index (κ1) is 22.6. The number of nitrogens with two attached hydrogens (primary N) is 1. The molecule has 1 heterocycles. The molecule has 1 aliphatic carbocycles. The molecular weight excluding hydrogens is 382 g/mol. The highest BCUT2D eigenvalue weighted by molar-refractivity contribution is 5.85. The molecule has 3 atom stereocenters. The first-order chi connectivity index (χ1) is 11.5. The first-order valence-electron chi connectivity index (χ1n) is 8.38. The number of aromatic amines is 1. The predicted octanol–water partition coefficient (Wildman–Crippen LogP) is 2.08. The number of halogens is 3. The zero-order chi connectivity index (χ0) is 17.1. The number of H-pyrrole nitrogens is 1. The van der Waals surface area contributed by atoms with E-state index in [4.69, 9.17) is 5.73 Å². The molecule has 0 unspecified atom stereocenters. The Hall–Kier alpha value is -1.41. The highest BCUT2D eigenvalue weighted by Crippen LogP contribution is 2.23. The lowest BCUT2D eigenvalue weighted by Crippen LogP contribution is -2.45. The van der Waals surface area contributed by atoms with Crippen molar-refractivity contribution in [3.05, 3.63) is 29.8 Å². The molecule has 0 aliphatic heterocycles. The summed E-state index contributed by atoms with van der Waals surface area (Å²) >= 11 is 0. The quantitative estimate of drug-likeness (QED) is 0.570. The van der Waals surface area contributed by atoms with Crippen molar-refractivity contribution in [2.24, 2.45) is 11.7 Å². The second-order valence-corrected chi connectivity index (χ2v) is 6.48. The van der Waals surface area contributed by atoms with Gasteiger partial charge in [0.05, 0.1) is 17.1 Å². The molecule has 3 rings (SSSR count). The van der Waals surface area contributed by atoms with Crippen molar-refractivity contribution in [1.82, 2.24) is 15.3 Å². The van der Waals surface area contributed by atoms with Gasteiger partial charge in [-0.15, -0.1) is 24.8 Å². The van der Waals surface area contributed by atoms with Crippen LogP contribution in [0.15, 0.2) is 18.2 Å². The molecule has 0 bridgehead atoms. The molecule has 1 aromatic carbocycles. The topological polar surface area (TPSA) is 104 Å². The maximum Gasteiger partial charge on any atom is 0.223 e. The van der Waals surface area contributed by atoms with Gasteiger partial charge in [0.1, 0.15) is 11.6 Å². The van der Waals surface area contributed by atoms with Gasteiger partial charge in [0.25, 0.3) is 0 Å². The number of amides is 1. The van der Waals surface area contributed by atoms with Crippen LogP contribution >= 0.6 is 24.8 Å². The lowest BCUT2D eigenvalue weighted by molar-refractivity contribution is -0.126. The van der Waals surface area contributed by atoms with E-state index < -0.39 is 6.10 Å². The Kier molecular flexibility index (Phi) is 8.76. The molecule has 6 nitrogen and oxygen atoms in total. The van der Waals surface area contributed by atoms with Gasteiger partial charge < -0.3 is 21.1 Å². The standard InChI is InChI=1S/C17H23FN4O2.2ClH/c18-11-4-5-13-14(9-11)22-16(21-13)2-1-7-20-17(24)10-3-6-15(23)12(19)8-10;;/h4-5,9-10,12,15,23H,1-3,6-8,19H2,(H,20,24)(H,21,22);2*1H/t10-,12+,15+;;/m0../s1. The molecule has 1 saturated carbocycles. The summed E-state index contributed by atoms with van der Waals surface area (Å²) in [7, 11) is 0. The number of imidazole rings is 1. The Morgan fingerprint density at radius 2 is 2.15 bits per heavy atom. The van der Waals surface area contributed by atoms with Crippen molar-refractivity contribution in [1.29, 1.82) is 0 Å². The second-order valence-electron chi connectivity index (χ2n) is 6.48. The maximum atomic E-state index is 13.2. The Labute approximate surface area is 164 Å². The third-order valence-corrected chi connectivity index (χ3v) is 4.62. The minimum atomic E-state index is -0.494. The van der Waals surface area contributed by atoms with Crippen molar-refractivity contribution in [3.63, 3.8) is 0 Å². The zero-order valence-electron chi connectivity index (χ0n) is 14.3. The van der Waals surface area contributed by atoms with Crippen LogP contribution < -0.4 is 11.1 Å². The summed E-state index contributed by atoms with van der Waals surface area (Å²) in [5.74, 6) is 0.384. The minimum absolute atomic E-state index is 0. The van der Waals surface area contributed by atoms with Crippen LogP contribution in [0.2, 0.25) is 0 Å². The summed E-state index contributed by atoms with van der Waals surface area (Å²) < 4.78 is 13.2. The number of aliphatic hydroxyl groups excluding tert-OH is 1. The highest BCUT2D eigenvalue weighted by atomic mass is 35.5. The summed E-state index contributed by atoms with van der Waals surface area (Å²) in [6.45, 7) is 0.554. The number of aliphatic hydroxyl groups is 1. The van der Waals surface area contributed by atoms with E-state index in [9.17, 15) is 14.3 Å². The molecular formula is C17H25Cl2FN4O2. The minimum Gasteiger partial charge on any atom is -0.392 e. The third kappa shape index (κ3) is 5.54. The van der Waals surface area contributed by atoms with E-state index in [1.807, 2.05) is 0 Å². The van der Waals surface area contributed by atoms with Crippen LogP contribution in [-0.4, -0.2) is 39.7 Å². The van der Waals surface area contributed by atoms with Crippen LogP contribution in [0.5, 0.6) is 0 Å². The van der Waals surface area contributed by atoms with E-state index in [0.717, 1.165) is 17.8 Å². The van der Waals surface area contributed by atoms with E-state index in [-0.39, 0.29) is 48.5 Å². The van der Waals surface area contributed by atoms with Crippen molar-refractivity contribution in [3.8, 4) is 0 Å². The van der Waals surface area contributed by atoms with Crippen molar-refractivity contribution >= 4 is 41.8 Å². The van der Waals surface area contributed by atoms with Gasteiger partial charge >= 0.3 is 0 Å². The number of benzene rings is 1. The maximum absolute atomic E-state index is 13.2. The first-order valence-corrected chi connectivity index (χ1v) is 8.38. The fourth-order valence-electron chi connectivity index (χ4n) is 3.19. The summed E-state index contributed by atoms with van der Waals surface area (Å²) in [5.41, 5.74) is 7.24. The van der Waals surface area contributed by atoms with E-state index in [1.54, 1.807) is 6.07 Å². The SMILES string of the molecule is Cl.Cl.N[C@@H]1C[C@@H](C(=O)NCCCc2nc3ccc(F)cc3[nH]2)CC[C@H]1O. The molecule has 26 heavy (non-hydrogen) atoms. The van der Waals surface area contributed by atoms with Gasteiger partial charge in [0.2, 0.25) is 5.91 Å². The molecule has 0 spiro atoms. The van der Waals surface area contributed by atoms with Gasteiger partial charge in [-0.1, -0.05) is 0 Å². The molecule has 0 saturated heterocycles. The molecule has 9 heteroatoms. The Morgan fingerprint density at radius 1 is 1.38 bits per heavy atom. The lowest BCUT2D eigenvalue weighted by atomic mass is 9.83. The van der Waals surface area contributed by atoms with Gasteiger partial charge in [-0.2, -0.15) is 0 Å². The van der Waals surface area contributed by atoms with E-state index in [0.29, 0.717) is 37.7 Å². The van der Waals surface area contributed by atoms with Crippen molar-refractivity contribution < 1.29 is 14.3 Å². The monoisotopic (exact) mass is 406 g/mol. The number of carbonyl (C=O) groups excluding carboxylic acids is 1. The number of aryl methyl sites for hydroxylation is 1. The number of carbonyl (C=O) groups is 1. The largest absolute Gasteiger partial charge is 0.392 e. The van der Waals surface area contributed by atoms with Crippen LogP contribution in [0.3, 0.4) is 0 Å². The Morgan fingerprint density at radius 3 is 2.88 bits per heavy atom. The van der Waals surface area contributed by atoms with Crippen LogP contribution in [0, 0.1) is 11.7 Å². The van der Waals surface area contributed by atoms with Gasteiger partial charge in [-0.3, -0.25) is 4.79 Å². The molecule has 1 aromatic heterocycles. The Balaban J connectivity index is 0.00000169. The van der Waals surface area contributed by atoms with Crippen LogP contribution in [0.1, 0.15) is 31.5 Å². The predicted molar refractivity (Wildman–Crippen MR) is 103 cm³/mol. The van der Waals surface area contributed by atoms with Gasteiger partial charge in [0, 0.05) is 24.9 Å². The zero-order valence-corrected chi connectivity index (χ0v) is 15.9. The molecule has 1 amide bonds. The summed E-state index contributed by atoms with van der Waals surface area (Å²) in [6.07, 6.45) is 2.72. The number of nitrogens with zero attached hydrogens (tertiary/aromatic N) is 1. The fourth-order valence-corrected chi connectivity index (χ4v) is 3.19. The number of hydrogen-bond donors (Lipinski definition) is 4. The second kappa shape index (κ2) is 10.1. The normalized spacial score (nSPS) is 22.3.